The zero-order valence-corrected chi connectivity index (χ0v) is 9.08. The topological polar surface area (TPSA) is 57.5 Å². The molecule has 0 aromatic heterocycles. The summed E-state index contributed by atoms with van der Waals surface area (Å²) in [6.45, 7) is 0. The number of aliphatic hydroxyl groups is 1. The summed E-state index contributed by atoms with van der Waals surface area (Å²) in [4.78, 5) is 10.7. The molecule has 0 saturated heterocycles. The van der Waals surface area contributed by atoms with Crippen LogP contribution in [-0.4, -0.2) is 16.2 Å². The molecule has 2 N–H and O–H groups in total. The predicted molar refractivity (Wildman–Crippen MR) is 64.5 cm³/mol. The molecule has 0 bridgehead atoms. The maximum atomic E-state index is 10.7. The molecule has 0 saturated carbocycles. The minimum Gasteiger partial charge on any atom is -0.479 e. The Kier molecular flexibility index (Phi) is 3.21. The van der Waals surface area contributed by atoms with E-state index in [-0.39, 0.29) is 0 Å². The molecule has 2 aromatic rings. The highest BCUT2D eigenvalue weighted by molar-refractivity contribution is 5.75. The fourth-order valence-corrected chi connectivity index (χ4v) is 1.66. The van der Waals surface area contributed by atoms with Crippen LogP contribution >= 0.6 is 0 Å². The third-order valence-electron chi connectivity index (χ3n) is 2.54. The molecule has 86 valence electrons. The number of carboxylic acids is 1. The van der Waals surface area contributed by atoms with Crippen molar-refractivity contribution < 1.29 is 15.0 Å². The first-order chi connectivity index (χ1) is 8.18. The first kappa shape index (κ1) is 11.4. The Morgan fingerprint density at radius 2 is 1.59 bits per heavy atom. The Morgan fingerprint density at radius 3 is 2.24 bits per heavy atom. The molecule has 0 amide bonds. The van der Waals surface area contributed by atoms with E-state index < -0.39 is 12.1 Å². The van der Waals surface area contributed by atoms with E-state index in [1.54, 1.807) is 18.2 Å². The van der Waals surface area contributed by atoms with Gasteiger partial charge >= 0.3 is 5.97 Å². The molecule has 3 nitrogen and oxygen atoms in total. The Labute approximate surface area is 99.0 Å². The number of hydrogen-bond donors (Lipinski definition) is 2. The van der Waals surface area contributed by atoms with Crippen LogP contribution in [0.3, 0.4) is 0 Å². The maximum Gasteiger partial charge on any atom is 0.337 e. The highest BCUT2D eigenvalue weighted by Crippen LogP contribution is 2.23. The largest absolute Gasteiger partial charge is 0.479 e. The normalized spacial score (nSPS) is 12.1. The number of aliphatic carboxylic acids is 1. The first-order valence-electron chi connectivity index (χ1n) is 5.25. The Morgan fingerprint density at radius 1 is 0.941 bits per heavy atom. The molecule has 0 spiro atoms. The molecule has 2 rings (SSSR count). The first-order valence-corrected chi connectivity index (χ1v) is 5.25. The number of rotatable bonds is 3. The van der Waals surface area contributed by atoms with E-state index >= 15 is 0 Å². The minimum absolute atomic E-state index is 0.388. The summed E-state index contributed by atoms with van der Waals surface area (Å²) in [5.74, 6) is -1.24. The average Bonchev–Trinajstić information content (AvgIpc) is 2.39. The second kappa shape index (κ2) is 4.80. The molecule has 3 heteroatoms. The van der Waals surface area contributed by atoms with Gasteiger partial charge in [0.2, 0.25) is 0 Å². The third kappa shape index (κ3) is 2.52. The molecule has 1 unspecified atom stereocenters. The smallest absolute Gasteiger partial charge is 0.337 e. The standard InChI is InChI=1S/C14H12O3/c15-13(14(16)17)12-8-4-7-11(9-12)10-5-2-1-3-6-10/h1-9,13,15H,(H,16,17). The summed E-state index contributed by atoms with van der Waals surface area (Å²) in [5, 5.41) is 18.2. The van der Waals surface area contributed by atoms with Gasteiger partial charge in [0.25, 0.3) is 0 Å². The summed E-state index contributed by atoms with van der Waals surface area (Å²) in [6, 6.07) is 16.5. The van der Waals surface area contributed by atoms with Crippen molar-refractivity contribution in [2.45, 2.75) is 6.10 Å². The van der Waals surface area contributed by atoms with Crippen molar-refractivity contribution in [3.05, 3.63) is 60.2 Å². The number of carbonyl (C=O) groups is 1. The van der Waals surface area contributed by atoms with Gasteiger partial charge in [0, 0.05) is 0 Å². The van der Waals surface area contributed by atoms with Crippen LogP contribution < -0.4 is 0 Å². The second-order valence-electron chi connectivity index (χ2n) is 3.73. The van der Waals surface area contributed by atoms with E-state index in [4.69, 9.17) is 5.11 Å². The van der Waals surface area contributed by atoms with Gasteiger partial charge in [0.15, 0.2) is 6.10 Å². The zero-order valence-electron chi connectivity index (χ0n) is 9.08. The van der Waals surface area contributed by atoms with Crippen LogP contribution in [0.4, 0.5) is 0 Å². The van der Waals surface area contributed by atoms with E-state index in [2.05, 4.69) is 0 Å². The summed E-state index contributed by atoms with van der Waals surface area (Å²) in [5.41, 5.74) is 2.27. The maximum absolute atomic E-state index is 10.7. The highest BCUT2D eigenvalue weighted by Gasteiger charge is 2.15. The molecule has 0 aliphatic carbocycles. The van der Waals surface area contributed by atoms with E-state index in [0.717, 1.165) is 11.1 Å². The van der Waals surface area contributed by atoms with Crippen LogP contribution in [0.25, 0.3) is 11.1 Å². The molecular weight excluding hydrogens is 216 g/mol. The van der Waals surface area contributed by atoms with Gasteiger partial charge < -0.3 is 10.2 Å². The fourth-order valence-electron chi connectivity index (χ4n) is 1.66. The van der Waals surface area contributed by atoms with Crippen molar-refractivity contribution in [3.8, 4) is 11.1 Å². The number of aliphatic hydroxyl groups excluding tert-OH is 1. The molecule has 0 aliphatic rings. The van der Waals surface area contributed by atoms with Gasteiger partial charge in [-0.2, -0.15) is 0 Å². The summed E-state index contributed by atoms with van der Waals surface area (Å²) in [6.07, 6.45) is -1.47. The molecule has 17 heavy (non-hydrogen) atoms. The van der Waals surface area contributed by atoms with Gasteiger partial charge in [-0.15, -0.1) is 0 Å². The lowest BCUT2D eigenvalue weighted by atomic mass is 10.0. The van der Waals surface area contributed by atoms with Crippen LogP contribution in [0.2, 0.25) is 0 Å². The summed E-state index contributed by atoms with van der Waals surface area (Å²) >= 11 is 0. The van der Waals surface area contributed by atoms with Gasteiger partial charge in [-0.1, -0.05) is 48.5 Å². The van der Waals surface area contributed by atoms with Gasteiger partial charge in [0.05, 0.1) is 0 Å². The summed E-state index contributed by atoms with van der Waals surface area (Å²) in [7, 11) is 0. The lowest BCUT2D eigenvalue weighted by Crippen LogP contribution is -2.10. The van der Waals surface area contributed by atoms with E-state index in [1.807, 2.05) is 36.4 Å². The van der Waals surface area contributed by atoms with Gasteiger partial charge in [-0.25, -0.2) is 4.79 Å². The Balaban J connectivity index is 2.39. The van der Waals surface area contributed by atoms with Crippen LogP contribution in [0.1, 0.15) is 11.7 Å². The van der Waals surface area contributed by atoms with Crippen molar-refractivity contribution in [2.75, 3.05) is 0 Å². The predicted octanol–water partition coefficient (Wildman–Crippen LogP) is 2.47. The molecule has 0 radical (unpaired) electrons. The van der Waals surface area contributed by atoms with Crippen molar-refractivity contribution in [2.24, 2.45) is 0 Å². The fraction of sp³-hybridized carbons (Fsp3) is 0.0714. The molecule has 0 heterocycles. The Hall–Kier alpha value is -2.13. The highest BCUT2D eigenvalue weighted by atomic mass is 16.4. The average molecular weight is 228 g/mol. The second-order valence-corrected chi connectivity index (χ2v) is 3.73. The van der Waals surface area contributed by atoms with Crippen LogP contribution in [0.15, 0.2) is 54.6 Å². The number of hydrogen-bond acceptors (Lipinski definition) is 2. The number of carboxylic acid groups (broad SMARTS) is 1. The third-order valence-corrected chi connectivity index (χ3v) is 2.54. The van der Waals surface area contributed by atoms with E-state index in [1.165, 1.54) is 0 Å². The van der Waals surface area contributed by atoms with Crippen molar-refractivity contribution >= 4 is 5.97 Å². The van der Waals surface area contributed by atoms with Crippen molar-refractivity contribution in [3.63, 3.8) is 0 Å². The molecule has 2 aromatic carbocycles. The molecule has 0 aliphatic heterocycles. The van der Waals surface area contributed by atoms with E-state index in [9.17, 15) is 9.90 Å². The minimum atomic E-state index is -1.47. The lowest BCUT2D eigenvalue weighted by molar-refractivity contribution is -0.146. The monoisotopic (exact) mass is 228 g/mol. The van der Waals surface area contributed by atoms with Crippen LogP contribution in [0, 0.1) is 0 Å². The Bertz CT molecular complexity index is 520. The van der Waals surface area contributed by atoms with Crippen LogP contribution in [0.5, 0.6) is 0 Å². The van der Waals surface area contributed by atoms with Gasteiger partial charge in [-0.05, 0) is 22.8 Å². The van der Waals surface area contributed by atoms with Crippen molar-refractivity contribution in [1.82, 2.24) is 0 Å². The lowest BCUT2D eigenvalue weighted by Gasteiger charge is -2.08. The quantitative estimate of drug-likeness (QED) is 0.848. The van der Waals surface area contributed by atoms with Gasteiger partial charge in [-0.3, -0.25) is 0 Å². The molecule has 1 atom stereocenters. The van der Waals surface area contributed by atoms with Crippen molar-refractivity contribution in [1.29, 1.82) is 0 Å². The van der Waals surface area contributed by atoms with Gasteiger partial charge in [0.1, 0.15) is 0 Å². The molecule has 0 fully saturated rings. The van der Waals surface area contributed by atoms with Crippen LogP contribution in [-0.2, 0) is 4.79 Å². The SMILES string of the molecule is O=C(O)C(O)c1cccc(-c2ccccc2)c1. The number of benzene rings is 2. The molecular formula is C14H12O3. The summed E-state index contributed by atoms with van der Waals surface area (Å²) < 4.78 is 0. The zero-order chi connectivity index (χ0) is 12.3. The van der Waals surface area contributed by atoms with E-state index in [0.29, 0.717) is 5.56 Å².